The van der Waals surface area contributed by atoms with Crippen LogP contribution in [0.5, 0.6) is 0 Å². The molecule has 1 fully saturated rings. The average molecular weight is 280 g/mol. The van der Waals surface area contributed by atoms with Crippen molar-refractivity contribution in [2.24, 2.45) is 0 Å². The van der Waals surface area contributed by atoms with Gasteiger partial charge in [-0.2, -0.15) is 0 Å². The second-order valence-electron chi connectivity index (χ2n) is 5.05. The summed E-state index contributed by atoms with van der Waals surface area (Å²) in [6.07, 6.45) is 2.16. The van der Waals surface area contributed by atoms with Gasteiger partial charge in [-0.1, -0.05) is 24.3 Å². The molecule has 1 aromatic rings. The van der Waals surface area contributed by atoms with Gasteiger partial charge in [0.1, 0.15) is 6.04 Å². The molecule has 0 saturated heterocycles. The van der Waals surface area contributed by atoms with Crippen LogP contribution in [0.3, 0.4) is 0 Å². The van der Waals surface area contributed by atoms with Gasteiger partial charge in [-0.3, -0.25) is 9.52 Å². The van der Waals surface area contributed by atoms with Crippen molar-refractivity contribution >= 4 is 15.9 Å². The van der Waals surface area contributed by atoms with E-state index in [2.05, 4.69) is 10.0 Å². The van der Waals surface area contributed by atoms with Gasteiger partial charge in [-0.15, -0.1) is 0 Å². The molecule has 1 unspecified atom stereocenters. The van der Waals surface area contributed by atoms with Gasteiger partial charge < -0.3 is 5.32 Å². The smallest absolute Gasteiger partial charge is 0.255 e. The second kappa shape index (κ2) is 4.61. The third kappa shape index (κ3) is 2.50. The number of hydrogen-bond acceptors (Lipinski definition) is 4. The van der Waals surface area contributed by atoms with Crippen molar-refractivity contribution in [2.75, 3.05) is 6.54 Å². The van der Waals surface area contributed by atoms with Gasteiger partial charge in [0.05, 0.1) is 5.25 Å². The molecule has 1 aromatic carbocycles. The van der Waals surface area contributed by atoms with E-state index in [0.717, 1.165) is 17.5 Å². The molecule has 2 aliphatic rings. The molecule has 1 aliphatic carbocycles. The highest BCUT2D eigenvalue weighted by molar-refractivity contribution is 7.90. The van der Waals surface area contributed by atoms with E-state index in [1.807, 2.05) is 24.3 Å². The second-order valence-corrected chi connectivity index (χ2v) is 7.01. The molecule has 0 bridgehead atoms. The SMILES string of the molecule is O=C(NS(=O)(=O)C1CC1)C1NCCc2ccccc21. The number of hydrogen-bond donors (Lipinski definition) is 2. The molecule has 2 N–H and O–H groups in total. The molecule has 1 heterocycles. The maximum Gasteiger partial charge on any atom is 0.255 e. The Bertz CT molecular complexity index is 608. The first-order valence-electron chi connectivity index (χ1n) is 6.44. The first kappa shape index (κ1) is 12.6. The fourth-order valence-corrected chi connectivity index (χ4v) is 3.72. The van der Waals surface area contributed by atoms with E-state index in [4.69, 9.17) is 0 Å². The van der Waals surface area contributed by atoms with E-state index >= 15 is 0 Å². The first-order valence-corrected chi connectivity index (χ1v) is 7.99. The van der Waals surface area contributed by atoms with Crippen LogP contribution in [0, 0.1) is 0 Å². The number of amides is 1. The molecule has 1 amide bonds. The molecular formula is C13H16N2O3S. The quantitative estimate of drug-likeness (QED) is 0.844. The highest BCUT2D eigenvalue weighted by Gasteiger charge is 2.38. The maximum absolute atomic E-state index is 12.2. The zero-order valence-corrected chi connectivity index (χ0v) is 11.2. The van der Waals surface area contributed by atoms with E-state index < -0.39 is 22.0 Å². The highest BCUT2D eigenvalue weighted by atomic mass is 32.2. The van der Waals surface area contributed by atoms with Crippen molar-refractivity contribution in [3.8, 4) is 0 Å². The minimum absolute atomic E-state index is 0.379. The summed E-state index contributed by atoms with van der Waals surface area (Å²) >= 11 is 0. The molecule has 0 spiro atoms. The van der Waals surface area contributed by atoms with Crippen LogP contribution >= 0.6 is 0 Å². The summed E-state index contributed by atoms with van der Waals surface area (Å²) in [5, 5.41) is 2.70. The number of rotatable bonds is 3. The molecule has 1 saturated carbocycles. The largest absolute Gasteiger partial charge is 0.302 e. The molecule has 6 heteroatoms. The first-order chi connectivity index (χ1) is 9.08. The molecule has 1 aliphatic heterocycles. The van der Waals surface area contributed by atoms with Crippen molar-refractivity contribution in [3.63, 3.8) is 0 Å². The Kier molecular flexibility index (Phi) is 3.06. The van der Waals surface area contributed by atoms with E-state index in [1.54, 1.807) is 0 Å². The van der Waals surface area contributed by atoms with Gasteiger partial charge in [-0.25, -0.2) is 8.42 Å². The zero-order chi connectivity index (χ0) is 13.5. The lowest BCUT2D eigenvalue weighted by Crippen LogP contribution is -2.44. The lowest BCUT2D eigenvalue weighted by atomic mass is 9.94. The van der Waals surface area contributed by atoms with Crippen LogP contribution in [-0.4, -0.2) is 26.1 Å². The van der Waals surface area contributed by atoms with Crippen LogP contribution in [0.1, 0.15) is 30.0 Å². The molecule has 0 radical (unpaired) electrons. The Balaban J connectivity index is 1.81. The van der Waals surface area contributed by atoms with E-state index in [-0.39, 0.29) is 5.25 Å². The van der Waals surface area contributed by atoms with Gasteiger partial charge >= 0.3 is 0 Å². The molecule has 5 nitrogen and oxygen atoms in total. The van der Waals surface area contributed by atoms with Gasteiger partial charge in [0.25, 0.3) is 5.91 Å². The molecule has 0 aromatic heterocycles. The fourth-order valence-electron chi connectivity index (χ4n) is 2.40. The van der Waals surface area contributed by atoms with Crippen LogP contribution < -0.4 is 10.0 Å². The summed E-state index contributed by atoms with van der Waals surface area (Å²) in [7, 11) is -3.48. The number of carbonyl (C=O) groups is 1. The summed E-state index contributed by atoms with van der Waals surface area (Å²) in [6.45, 7) is 0.679. The van der Waals surface area contributed by atoms with Crippen molar-refractivity contribution in [3.05, 3.63) is 35.4 Å². The summed E-state index contributed by atoms with van der Waals surface area (Å²) in [6, 6.07) is 7.07. The summed E-state index contributed by atoms with van der Waals surface area (Å²) in [5.74, 6) is -0.473. The number of nitrogens with one attached hydrogen (secondary N) is 2. The molecule has 19 heavy (non-hydrogen) atoms. The average Bonchev–Trinajstić information content (AvgIpc) is 3.22. The molecule has 102 valence electrons. The van der Waals surface area contributed by atoms with Crippen LogP contribution in [-0.2, 0) is 21.2 Å². The van der Waals surface area contributed by atoms with E-state index in [1.165, 1.54) is 0 Å². The number of fused-ring (bicyclic) bond motifs is 1. The van der Waals surface area contributed by atoms with Crippen LogP contribution in [0.15, 0.2) is 24.3 Å². The van der Waals surface area contributed by atoms with Gasteiger partial charge in [0.15, 0.2) is 0 Å². The Labute approximate surface area is 112 Å². The van der Waals surface area contributed by atoms with Crippen LogP contribution in [0.25, 0.3) is 0 Å². The molecule has 3 rings (SSSR count). The molecule has 1 atom stereocenters. The Morgan fingerprint density at radius 3 is 2.74 bits per heavy atom. The Hall–Kier alpha value is -1.40. The Morgan fingerprint density at radius 1 is 1.26 bits per heavy atom. The van der Waals surface area contributed by atoms with Gasteiger partial charge in [0, 0.05) is 6.54 Å². The van der Waals surface area contributed by atoms with Crippen molar-refractivity contribution in [2.45, 2.75) is 30.6 Å². The summed E-state index contributed by atoms with van der Waals surface area (Å²) < 4.78 is 25.8. The number of carbonyl (C=O) groups excluding carboxylic acids is 1. The third-order valence-corrected chi connectivity index (χ3v) is 5.41. The third-order valence-electron chi connectivity index (χ3n) is 3.58. The normalized spacial score (nSPS) is 22.6. The van der Waals surface area contributed by atoms with Gasteiger partial charge in [0.2, 0.25) is 10.0 Å². The summed E-state index contributed by atoms with van der Waals surface area (Å²) in [5.41, 5.74) is 1.97. The lowest BCUT2D eigenvalue weighted by molar-refractivity contribution is -0.121. The fraction of sp³-hybridized carbons (Fsp3) is 0.462. The van der Waals surface area contributed by atoms with E-state index in [9.17, 15) is 13.2 Å². The predicted molar refractivity (Wildman–Crippen MR) is 71.0 cm³/mol. The van der Waals surface area contributed by atoms with Crippen LogP contribution in [0.2, 0.25) is 0 Å². The lowest BCUT2D eigenvalue weighted by Gasteiger charge is -2.25. The summed E-state index contributed by atoms with van der Waals surface area (Å²) in [4.78, 5) is 12.2. The zero-order valence-electron chi connectivity index (χ0n) is 10.4. The van der Waals surface area contributed by atoms with Gasteiger partial charge in [-0.05, 0) is 30.4 Å². The highest BCUT2D eigenvalue weighted by Crippen LogP contribution is 2.28. The van der Waals surface area contributed by atoms with Crippen LogP contribution in [0.4, 0.5) is 0 Å². The monoisotopic (exact) mass is 280 g/mol. The predicted octanol–water partition coefficient (Wildman–Crippen LogP) is 0.482. The van der Waals surface area contributed by atoms with Crippen molar-refractivity contribution in [1.29, 1.82) is 0 Å². The maximum atomic E-state index is 12.2. The number of benzene rings is 1. The Morgan fingerprint density at radius 2 is 2.00 bits per heavy atom. The standard InChI is InChI=1S/C13H16N2O3S/c16-13(15-19(17,18)10-5-6-10)12-11-4-2-1-3-9(11)7-8-14-12/h1-4,10,12,14H,5-8H2,(H,15,16). The van der Waals surface area contributed by atoms with Crippen molar-refractivity contribution in [1.82, 2.24) is 10.0 Å². The number of sulfonamides is 1. The minimum atomic E-state index is -3.48. The van der Waals surface area contributed by atoms with Crippen molar-refractivity contribution < 1.29 is 13.2 Å². The minimum Gasteiger partial charge on any atom is -0.302 e. The van der Waals surface area contributed by atoms with E-state index in [0.29, 0.717) is 19.4 Å². The molecular weight excluding hydrogens is 264 g/mol. The topological polar surface area (TPSA) is 75.3 Å².